The van der Waals surface area contributed by atoms with Gasteiger partial charge in [-0.05, 0) is 0 Å². The number of piperazine rings is 1. The summed E-state index contributed by atoms with van der Waals surface area (Å²) in [6.45, 7) is 3.77. The minimum Gasteiger partial charge on any atom is -0.370 e. The number of nitrogens with zero attached hydrogens (tertiary/aromatic N) is 2. The largest absolute Gasteiger partial charge is 0.370 e. The van der Waals surface area contributed by atoms with E-state index in [9.17, 15) is 0 Å². The van der Waals surface area contributed by atoms with Crippen LogP contribution in [0.3, 0.4) is 0 Å². The lowest BCUT2D eigenvalue weighted by Crippen LogP contribution is -2.47. The van der Waals surface area contributed by atoms with Gasteiger partial charge in [0.1, 0.15) is 0 Å². The molecule has 1 heterocycles. The average Bonchev–Trinajstić information content (AvgIpc) is 1.88. The molecule has 1 aliphatic rings. The van der Waals surface area contributed by atoms with Gasteiger partial charge in [0.25, 0.3) is 0 Å². The maximum Gasteiger partial charge on any atom is 0.188 e. The molecular weight excluding hydrogens is 243 g/mol. The Morgan fingerprint density at radius 2 is 1.80 bits per heavy atom. The van der Waals surface area contributed by atoms with Gasteiger partial charge in [-0.2, -0.15) is 0 Å². The van der Waals surface area contributed by atoms with Crippen molar-refractivity contribution < 1.29 is 0 Å². The van der Waals surface area contributed by atoms with Gasteiger partial charge in [0, 0.05) is 49.0 Å². The van der Waals surface area contributed by atoms with Crippen molar-refractivity contribution in [2.75, 3.05) is 26.2 Å². The lowest BCUT2D eigenvalue weighted by molar-refractivity contribution is 0.294. The minimum atomic E-state index is 0.199. The maximum atomic E-state index is 7.14. The van der Waals surface area contributed by atoms with Crippen molar-refractivity contribution in [1.29, 1.82) is 5.41 Å². The van der Waals surface area contributed by atoms with Gasteiger partial charge in [0.15, 0.2) is 5.96 Å². The predicted molar refractivity (Wildman–Crippen MR) is 49.1 cm³/mol. The van der Waals surface area contributed by atoms with Crippen LogP contribution in [0.5, 0.6) is 0 Å². The van der Waals surface area contributed by atoms with E-state index in [1.54, 1.807) is 0 Å². The molecule has 1 fully saturated rings. The summed E-state index contributed by atoms with van der Waals surface area (Å²) in [7, 11) is 0. The quantitative estimate of drug-likeness (QED) is 0.273. The normalized spacial score (nSPS) is 21.1. The van der Waals surface area contributed by atoms with Crippen LogP contribution in [-0.4, -0.2) is 40.2 Å². The fraction of sp³-hybridized carbons (Fsp3) is 0.800. The second-order valence-corrected chi connectivity index (χ2v) is 3.65. The Labute approximate surface area is 74.4 Å². The number of nitrogens with one attached hydrogen (secondary N) is 1. The van der Waals surface area contributed by atoms with E-state index < -0.39 is 0 Å². The third kappa shape index (κ3) is 1.98. The molecule has 0 unspecified atom stereocenters. The van der Waals surface area contributed by atoms with E-state index in [0.29, 0.717) is 0 Å². The highest BCUT2D eigenvalue weighted by Crippen LogP contribution is 2.04. The number of hydrogen-bond acceptors (Lipinski definition) is 2. The second kappa shape index (κ2) is 3.38. The Hall–Kier alpha value is -0.0400. The van der Waals surface area contributed by atoms with Crippen molar-refractivity contribution in [2.24, 2.45) is 5.73 Å². The van der Waals surface area contributed by atoms with Crippen molar-refractivity contribution in [2.45, 2.75) is 0 Å². The Kier molecular flexibility index (Phi) is 2.72. The first-order valence-corrected chi connectivity index (χ1v) is 4.16. The summed E-state index contributed by atoms with van der Waals surface area (Å²) in [5.74, 6) is 0.199. The van der Waals surface area contributed by atoms with Gasteiger partial charge in [-0.3, -0.25) is 5.41 Å². The fourth-order valence-corrected chi connectivity index (χ4v) is 1.35. The zero-order valence-electron chi connectivity index (χ0n) is 5.68. The van der Waals surface area contributed by atoms with Crippen LogP contribution in [0.25, 0.3) is 0 Å². The highest BCUT2D eigenvalue weighted by Gasteiger charge is 2.14. The molecule has 0 aromatic rings. The SMILES string of the molecule is N=C(N)N1CCN(I)CC1. The van der Waals surface area contributed by atoms with Gasteiger partial charge >= 0.3 is 0 Å². The monoisotopic (exact) mass is 254 g/mol. The molecule has 0 saturated carbocycles. The van der Waals surface area contributed by atoms with Crippen LogP contribution in [0.4, 0.5) is 0 Å². The fourth-order valence-electron chi connectivity index (χ4n) is 0.923. The lowest BCUT2D eigenvalue weighted by Gasteiger charge is -2.31. The number of hydrogen-bond donors (Lipinski definition) is 2. The van der Waals surface area contributed by atoms with Gasteiger partial charge in [-0.15, -0.1) is 0 Å². The molecule has 0 amide bonds. The molecule has 0 spiro atoms. The zero-order valence-corrected chi connectivity index (χ0v) is 7.84. The minimum absolute atomic E-state index is 0.199. The Bertz CT molecular complexity index is 130. The first-order chi connectivity index (χ1) is 4.70. The van der Waals surface area contributed by atoms with Crippen LogP contribution >= 0.6 is 22.9 Å². The molecule has 10 heavy (non-hydrogen) atoms. The van der Waals surface area contributed by atoms with E-state index in [4.69, 9.17) is 11.1 Å². The maximum absolute atomic E-state index is 7.14. The van der Waals surface area contributed by atoms with Gasteiger partial charge in [-0.1, -0.05) is 0 Å². The zero-order chi connectivity index (χ0) is 7.56. The van der Waals surface area contributed by atoms with E-state index in [2.05, 4.69) is 26.0 Å². The second-order valence-electron chi connectivity index (χ2n) is 2.28. The van der Waals surface area contributed by atoms with Gasteiger partial charge in [0.05, 0.1) is 0 Å². The van der Waals surface area contributed by atoms with E-state index in [0.717, 1.165) is 26.2 Å². The molecule has 0 aliphatic carbocycles. The summed E-state index contributed by atoms with van der Waals surface area (Å²) < 4.78 is 2.21. The lowest BCUT2D eigenvalue weighted by atomic mass is 10.4. The van der Waals surface area contributed by atoms with Crippen molar-refractivity contribution in [3.8, 4) is 0 Å². The highest BCUT2D eigenvalue weighted by atomic mass is 127. The average molecular weight is 254 g/mol. The molecule has 5 heteroatoms. The van der Waals surface area contributed by atoms with Crippen LogP contribution < -0.4 is 5.73 Å². The van der Waals surface area contributed by atoms with Crippen molar-refractivity contribution in [1.82, 2.24) is 8.01 Å². The number of rotatable bonds is 0. The van der Waals surface area contributed by atoms with Crippen LogP contribution in [0.15, 0.2) is 0 Å². The molecule has 1 saturated heterocycles. The molecule has 0 bridgehead atoms. The molecule has 1 aliphatic heterocycles. The van der Waals surface area contributed by atoms with E-state index >= 15 is 0 Å². The number of halogens is 1. The summed E-state index contributed by atoms with van der Waals surface area (Å²) in [5.41, 5.74) is 5.30. The molecule has 4 nitrogen and oxygen atoms in total. The van der Waals surface area contributed by atoms with Gasteiger partial charge < -0.3 is 10.6 Å². The molecule has 1 rings (SSSR count). The van der Waals surface area contributed by atoms with Crippen LogP contribution in [-0.2, 0) is 0 Å². The standard InChI is InChI=1S/C5H11IN4/c6-10-3-1-9(2-4-10)5(7)8/h1-4H2,(H3,7,8). The van der Waals surface area contributed by atoms with E-state index in [1.807, 2.05) is 4.90 Å². The molecular formula is C5H11IN4. The molecule has 0 radical (unpaired) electrons. The van der Waals surface area contributed by atoms with Gasteiger partial charge in [-0.25, -0.2) is 3.11 Å². The molecule has 0 aromatic carbocycles. The summed E-state index contributed by atoms with van der Waals surface area (Å²) in [6.07, 6.45) is 0. The molecule has 0 atom stereocenters. The first kappa shape index (κ1) is 8.06. The highest BCUT2D eigenvalue weighted by molar-refractivity contribution is 14.1. The Morgan fingerprint density at radius 3 is 2.20 bits per heavy atom. The first-order valence-electron chi connectivity index (χ1n) is 3.20. The molecule has 0 aromatic heterocycles. The summed E-state index contributed by atoms with van der Waals surface area (Å²) in [5, 5.41) is 7.14. The van der Waals surface area contributed by atoms with Gasteiger partial charge in [0.2, 0.25) is 0 Å². The van der Waals surface area contributed by atoms with Crippen molar-refractivity contribution in [3.63, 3.8) is 0 Å². The van der Waals surface area contributed by atoms with Crippen LogP contribution in [0.1, 0.15) is 0 Å². The molecule has 58 valence electrons. The Morgan fingerprint density at radius 1 is 1.30 bits per heavy atom. The topological polar surface area (TPSA) is 56.4 Å². The Balaban J connectivity index is 2.33. The van der Waals surface area contributed by atoms with E-state index in [1.165, 1.54) is 0 Å². The number of guanidine groups is 1. The summed E-state index contributed by atoms with van der Waals surface area (Å²) in [4.78, 5) is 1.88. The van der Waals surface area contributed by atoms with Crippen LogP contribution in [0.2, 0.25) is 0 Å². The van der Waals surface area contributed by atoms with Crippen LogP contribution in [0, 0.1) is 5.41 Å². The smallest absolute Gasteiger partial charge is 0.188 e. The number of nitrogens with two attached hydrogens (primary N) is 1. The predicted octanol–water partition coefficient (Wildman–Crippen LogP) is -0.153. The summed E-state index contributed by atoms with van der Waals surface area (Å²) >= 11 is 2.29. The third-order valence-electron chi connectivity index (χ3n) is 1.57. The summed E-state index contributed by atoms with van der Waals surface area (Å²) in [6, 6.07) is 0. The van der Waals surface area contributed by atoms with Crippen molar-refractivity contribution >= 4 is 28.8 Å². The third-order valence-corrected chi connectivity index (χ3v) is 2.53. The van der Waals surface area contributed by atoms with E-state index in [-0.39, 0.29) is 5.96 Å². The van der Waals surface area contributed by atoms with Crippen molar-refractivity contribution in [3.05, 3.63) is 0 Å². The molecule has 3 N–H and O–H groups in total.